The number of rotatable bonds is 8. The number of benzene rings is 1. The molecule has 0 saturated heterocycles. The van der Waals surface area contributed by atoms with Gasteiger partial charge in [-0.15, -0.1) is 0 Å². The molecule has 0 fully saturated rings. The topological polar surface area (TPSA) is 55.4 Å². The third-order valence-corrected chi connectivity index (χ3v) is 3.98. The number of para-hydroxylation sites is 1. The van der Waals surface area contributed by atoms with Gasteiger partial charge in [-0.3, -0.25) is 0 Å². The molecule has 0 spiro atoms. The van der Waals surface area contributed by atoms with Crippen LogP contribution < -0.4 is 10.1 Å². The molecule has 0 aromatic heterocycles. The van der Waals surface area contributed by atoms with Gasteiger partial charge in [-0.05, 0) is 12.5 Å². The van der Waals surface area contributed by atoms with Crippen molar-refractivity contribution in [1.82, 2.24) is 5.32 Å². The molecule has 1 aromatic rings. The predicted octanol–water partition coefficient (Wildman–Crippen LogP) is 2.65. The van der Waals surface area contributed by atoms with E-state index in [0.717, 1.165) is 5.56 Å². The second-order valence-corrected chi connectivity index (χ2v) is 7.76. The zero-order chi connectivity index (χ0) is 15.2. The molecular weight excluding hydrogens is 298 g/mol. The van der Waals surface area contributed by atoms with Crippen LogP contribution in [-0.4, -0.2) is 33.1 Å². The van der Waals surface area contributed by atoms with Crippen LogP contribution in [0.4, 0.5) is 0 Å². The molecule has 0 aliphatic heterocycles. The summed E-state index contributed by atoms with van der Waals surface area (Å²) < 4.78 is 27.8. The first-order chi connectivity index (χ1) is 9.29. The summed E-state index contributed by atoms with van der Waals surface area (Å²) in [7, 11) is -2.95. The molecule has 0 atom stereocenters. The van der Waals surface area contributed by atoms with Crippen LogP contribution in [0.5, 0.6) is 5.75 Å². The summed E-state index contributed by atoms with van der Waals surface area (Å²) in [5, 5.41) is 3.86. The molecule has 0 aliphatic rings. The minimum atomic E-state index is -2.95. The first kappa shape index (κ1) is 17.3. The van der Waals surface area contributed by atoms with Crippen molar-refractivity contribution in [3.63, 3.8) is 0 Å². The van der Waals surface area contributed by atoms with E-state index in [0.29, 0.717) is 36.4 Å². The Morgan fingerprint density at radius 2 is 2.05 bits per heavy atom. The molecule has 0 saturated carbocycles. The highest BCUT2D eigenvalue weighted by Crippen LogP contribution is 2.28. The van der Waals surface area contributed by atoms with Gasteiger partial charge in [0.1, 0.15) is 15.6 Å². The fourth-order valence-corrected chi connectivity index (χ4v) is 2.55. The highest BCUT2D eigenvalue weighted by Gasteiger charge is 2.09. The zero-order valence-electron chi connectivity index (χ0n) is 12.1. The van der Waals surface area contributed by atoms with Gasteiger partial charge in [0.25, 0.3) is 0 Å². The van der Waals surface area contributed by atoms with Crippen molar-refractivity contribution < 1.29 is 13.2 Å². The Bertz CT molecular complexity index is 529. The minimum absolute atomic E-state index is 0.122. The van der Waals surface area contributed by atoms with Crippen molar-refractivity contribution in [2.75, 3.05) is 18.6 Å². The van der Waals surface area contributed by atoms with Crippen LogP contribution >= 0.6 is 11.6 Å². The molecule has 1 N–H and O–H groups in total. The first-order valence-corrected chi connectivity index (χ1v) is 9.05. The van der Waals surface area contributed by atoms with Gasteiger partial charge in [-0.25, -0.2) is 8.42 Å². The van der Waals surface area contributed by atoms with E-state index in [-0.39, 0.29) is 5.75 Å². The van der Waals surface area contributed by atoms with Gasteiger partial charge in [-0.1, -0.05) is 37.6 Å². The van der Waals surface area contributed by atoms with Crippen LogP contribution in [0.15, 0.2) is 18.2 Å². The average molecular weight is 320 g/mol. The molecule has 114 valence electrons. The number of sulfone groups is 1. The minimum Gasteiger partial charge on any atom is -0.492 e. The summed E-state index contributed by atoms with van der Waals surface area (Å²) in [5.41, 5.74) is 0.977. The third-order valence-electron chi connectivity index (χ3n) is 2.66. The number of hydrogen-bond acceptors (Lipinski definition) is 4. The highest BCUT2D eigenvalue weighted by atomic mass is 35.5. The lowest BCUT2D eigenvalue weighted by Crippen LogP contribution is -2.22. The SMILES string of the molecule is CC(C)NCc1cccc(Cl)c1OCCCS(C)(=O)=O. The summed E-state index contributed by atoms with van der Waals surface area (Å²) in [6.45, 7) is 5.14. The summed E-state index contributed by atoms with van der Waals surface area (Å²) in [5.74, 6) is 0.757. The van der Waals surface area contributed by atoms with E-state index in [2.05, 4.69) is 19.2 Å². The lowest BCUT2D eigenvalue weighted by atomic mass is 10.2. The van der Waals surface area contributed by atoms with Crippen LogP contribution in [0.2, 0.25) is 5.02 Å². The van der Waals surface area contributed by atoms with Crippen LogP contribution in [0.3, 0.4) is 0 Å². The zero-order valence-corrected chi connectivity index (χ0v) is 13.7. The quantitative estimate of drug-likeness (QED) is 0.748. The van der Waals surface area contributed by atoms with Crippen molar-refractivity contribution in [1.29, 1.82) is 0 Å². The third kappa shape index (κ3) is 6.59. The van der Waals surface area contributed by atoms with E-state index in [4.69, 9.17) is 16.3 Å². The molecule has 0 aliphatic carbocycles. The largest absolute Gasteiger partial charge is 0.492 e. The molecule has 0 amide bonds. The van der Waals surface area contributed by atoms with Crippen molar-refractivity contribution in [2.45, 2.75) is 32.9 Å². The van der Waals surface area contributed by atoms with Gasteiger partial charge in [0.05, 0.1) is 17.4 Å². The first-order valence-electron chi connectivity index (χ1n) is 6.61. The Kier molecular flexibility index (Phi) is 6.79. The van der Waals surface area contributed by atoms with Gasteiger partial charge >= 0.3 is 0 Å². The van der Waals surface area contributed by atoms with Crippen LogP contribution in [-0.2, 0) is 16.4 Å². The molecule has 4 nitrogen and oxygen atoms in total. The molecule has 0 unspecified atom stereocenters. The van der Waals surface area contributed by atoms with Gasteiger partial charge in [0.2, 0.25) is 0 Å². The number of nitrogens with one attached hydrogen (secondary N) is 1. The van der Waals surface area contributed by atoms with Crippen molar-refractivity contribution >= 4 is 21.4 Å². The predicted molar refractivity (Wildman–Crippen MR) is 83.3 cm³/mol. The monoisotopic (exact) mass is 319 g/mol. The molecule has 6 heteroatoms. The van der Waals surface area contributed by atoms with Crippen molar-refractivity contribution in [3.05, 3.63) is 28.8 Å². The molecule has 1 rings (SSSR count). The Hall–Kier alpha value is -0.780. The molecule has 0 bridgehead atoms. The molecule has 0 heterocycles. The maximum absolute atomic E-state index is 11.1. The summed E-state index contributed by atoms with van der Waals surface area (Å²) in [4.78, 5) is 0. The Labute approximate surface area is 126 Å². The average Bonchev–Trinajstić information content (AvgIpc) is 2.32. The summed E-state index contributed by atoms with van der Waals surface area (Å²) in [6.07, 6.45) is 1.68. The van der Waals surface area contributed by atoms with Crippen LogP contribution in [0.1, 0.15) is 25.8 Å². The highest BCUT2D eigenvalue weighted by molar-refractivity contribution is 7.90. The Morgan fingerprint density at radius 3 is 2.65 bits per heavy atom. The lowest BCUT2D eigenvalue weighted by molar-refractivity contribution is 0.313. The van der Waals surface area contributed by atoms with Gasteiger partial charge in [0, 0.05) is 24.4 Å². The molecule has 1 aromatic carbocycles. The smallest absolute Gasteiger partial charge is 0.147 e. The maximum Gasteiger partial charge on any atom is 0.147 e. The summed E-state index contributed by atoms with van der Waals surface area (Å²) >= 11 is 6.14. The van der Waals surface area contributed by atoms with E-state index < -0.39 is 9.84 Å². The van der Waals surface area contributed by atoms with Gasteiger partial charge in [-0.2, -0.15) is 0 Å². The number of halogens is 1. The molecular formula is C14H22ClNO3S. The molecule has 20 heavy (non-hydrogen) atoms. The molecule has 0 radical (unpaired) electrons. The van der Waals surface area contributed by atoms with Gasteiger partial charge < -0.3 is 10.1 Å². The van der Waals surface area contributed by atoms with Crippen molar-refractivity contribution in [3.8, 4) is 5.75 Å². The van der Waals surface area contributed by atoms with E-state index in [9.17, 15) is 8.42 Å². The Balaban J connectivity index is 2.63. The normalized spacial score (nSPS) is 11.8. The Morgan fingerprint density at radius 1 is 1.35 bits per heavy atom. The fourth-order valence-electron chi connectivity index (χ4n) is 1.66. The van der Waals surface area contributed by atoms with Crippen LogP contribution in [0.25, 0.3) is 0 Å². The maximum atomic E-state index is 11.1. The van der Waals surface area contributed by atoms with E-state index >= 15 is 0 Å². The number of ether oxygens (including phenoxy) is 1. The standard InChI is InChI=1S/C14H22ClNO3S/c1-11(2)16-10-12-6-4-7-13(15)14(12)19-8-5-9-20(3,17)18/h4,6-7,11,16H,5,8-10H2,1-3H3. The van der Waals surface area contributed by atoms with Gasteiger partial charge in [0.15, 0.2) is 0 Å². The van der Waals surface area contributed by atoms with Crippen LogP contribution in [0, 0.1) is 0 Å². The van der Waals surface area contributed by atoms with E-state index in [1.807, 2.05) is 12.1 Å². The van der Waals surface area contributed by atoms with E-state index in [1.54, 1.807) is 6.07 Å². The van der Waals surface area contributed by atoms with E-state index in [1.165, 1.54) is 6.26 Å². The second kappa shape index (κ2) is 7.86. The fraction of sp³-hybridized carbons (Fsp3) is 0.571. The summed E-state index contributed by atoms with van der Waals surface area (Å²) in [6, 6.07) is 5.97. The second-order valence-electron chi connectivity index (χ2n) is 5.10. The number of hydrogen-bond donors (Lipinski definition) is 1. The van der Waals surface area contributed by atoms with Crippen molar-refractivity contribution in [2.24, 2.45) is 0 Å². The lowest BCUT2D eigenvalue weighted by Gasteiger charge is -2.15.